The first-order valence-electron chi connectivity index (χ1n) is 5.65. The minimum atomic E-state index is -4.52. The van der Waals surface area contributed by atoms with Gasteiger partial charge in [-0.25, -0.2) is 4.79 Å². The average Bonchev–Trinajstić information content (AvgIpc) is 2.38. The van der Waals surface area contributed by atoms with Crippen LogP contribution in [0, 0.1) is 0 Å². The van der Waals surface area contributed by atoms with E-state index in [0.717, 1.165) is 10.8 Å². The number of benzene rings is 2. The van der Waals surface area contributed by atoms with Gasteiger partial charge in [0.2, 0.25) is 0 Å². The van der Waals surface area contributed by atoms with Crippen molar-refractivity contribution < 1.29 is 17.6 Å². The van der Waals surface area contributed by atoms with E-state index in [1.807, 2.05) is 12.1 Å². The first kappa shape index (κ1) is 13.1. The lowest BCUT2D eigenvalue weighted by Crippen LogP contribution is -2.08. The van der Waals surface area contributed by atoms with Crippen LogP contribution in [0.25, 0.3) is 21.7 Å². The molecule has 0 saturated carbocycles. The Hall–Kier alpha value is -1.95. The molecule has 0 radical (unpaired) electrons. The summed E-state index contributed by atoms with van der Waals surface area (Å²) >= 11 is -0.455. The van der Waals surface area contributed by atoms with Crippen molar-refractivity contribution >= 4 is 33.5 Å². The van der Waals surface area contributed by atoms with Crippen LogP contribution >= 0.6 is 11.8 Å². The van der Waals surface area contributed by atoms with Gasteiger partial charge in [0, 0.05) is 5.39 Å². The molecule has 0 unspecified atom stereocenters. The van der Waals surface area contributed by atoms with Crippen LogP contribution in [-0.2, 0) is 0 Å². The molecule has 0 aliphatic carbocycles. The molecule has 0 spiro atoms. The van der Waals surface area contributed by atoms with Crippen molar-refractivity contribution in [3.05, 3.63) is 52.9 Å². The Morgan fingerprint density at radius 1 is 1.00 bits per heavy atom. The lowest BCUT2D eigenvalue weighted by molar-refractivity contribution is -0.0329. The topological polar surface area (TPSA) is 30.2 Å². The molecule has 0 N–H and O–H groups in total. The summed E-state index contributed by atoms with van der Waals surface area (Å²) in [6.45, 7) is 0. The highest BCUT2D eigenvalue weighted by Gasteiger charge is 2.31. The molecule has 0 amide bonds. The zero-order chi connectivity index (χ0) is 14.3. The highest BCUT2D eigenvalue weighted by atomic mass is 32.2. The van der Waals surface area contributed by atoms with Gasteiger partial charge in [-0.15, -0.1) is 0 Å². The van der Waals surface area contributed by atoms with E-state index in [-0.39, 0.29) is 5.58 Å². The average molecular weight is 296 g/mol. The van der Waals surface area contributed by atoms with Gasteiger partial charge in [-0.3, -0.25) is 0 Å². The first-order valence-corrected chi connectivity index (χ1v) is 6.47. The van der Waals surface area contributed by atoms with Crippen LogP contribution in [0.3, 0.4) is 0 Å². The summed E-state index contributed by atoms with van der Waals surface area (Å²) in [4.78, 5) is 11.1. The van der Waals surface area contributed by atoms with Crippen LogP contribution in [0.1, 0.15) is 0 Å². The van der Waals surface area contributed by atoms with Crippen molar-refractivity contribution in [1.82, 2.24) is 0 Å². The molecule has 3 aromatic rings. The summed E-state index contributed by atoms with van der Waals surface area (Å²) in [6, 6.07) is 11.8. The Bertz CT molecular complexity index is 852. The predicted octanol–water partition coefficient (Wildman–Crippen LogP) is 4.56. The number of hydrogen-bond acceptors (Lipinski definition) is 3. The van der Waals surface area contributed by atoms with E-state index in [2.05, 4.69) is 0 Å². The fourth-order valence-corrected chi connectivity index (χ4v) is 2.60. The summed E-state index contributed by atoms with van der Waals surface area (Å²) in [6.07, 6.45) is 0. The van der Waals surface area contributed by atoms with Crippen LogP contribution in [0.2, 0.25) is 0 Å². The van der Waals surface area contributed by atoms with Gasteiger partial charge in [-0.05, 0) is 34.7 Å². The quantitative estimate of drug-likeness (QED) is 0.375. The molecule has 0 saturated heterocycles. The second-order valence-electron chi connectivity index (χ2n) is 4.14. The molecule has 0 aliphatic rings. The van der Waals surface area contributed by atoms with E-state index in [1.54, 1.807) is 24.3 Å². The van der Waals surface area contributed by atoms with Gasteiger partial charge in [-0.1, -0.05) is 30.3 Å². The Balaban J connectivity index is 2.31. The van der Waals surface area contributed by atoms with Crippen molar-refractivity contribution in [2.45, 2.75) is 10.4 Å². The SMILES string of the molecule is O=c1oc2ccc3ccccc3c2cc1SC(F)(F)F. The normalized spacial score (nSPS) is 12.2. The Labute approximate surface area is 115 Å². The van der Waals surface area contributed by atoms with Crippen molar-refractivity contribution in [3.63, 3.8) is 0 Å². The molecule has 0 fully saturated rings. The number of alkyl halides is 3. The van der Waals surface area contributed by atoms with Crippen molar-refractivity contribution in [3.8, 4) is 0 Å². The minimum Gasteiger partial charge on any atom is -0.422 e. The molecule has 3 rings (SSSR count). The summed E-state index contributed by atoms with van der Waals surface area (Å²) in [5.41, 5.74) is -5.22. The third-order valence-corrected chi connectivity index (χ3v) is 3.57. The summed E-state index contributed by atoms with van der Waals surface area (Å²) in [7, 11) is 0. The molecule has 0 aliphatic heterocycles. The van der Waals surface area contributed by atoms with E-state index in [9.17, 15) is 18.0 Å². The van der Waals surface area contributed by atoms with Gasteiger partial charge >= 0.3 is 11.1 Å². The van der Waals surface area contributed by atoms with Gasteiger partial charge in [0.25, 0.3) is 0 Å². The van der Waals surface area contributed by atoms with E-state index in [4.69, 9.17) is 4.42 Å². The van der Waals surface area contributed by atoms with Gasteiger partial charge in [-0.2, -0.15) is 13.2 Å². The highest BCUT2D eigenvalue weighted by molar-refractivity contribution is 8.00. The molecule has 1 heterocycles. The molecular formula is C14H7F3O2S. The number of thioether (sulfide) groups is 1. The summed E-state index contributed by atoms with van der Waals surface area (Å²) in [5, 5.41) is 2.11. The zero-order valence-electron chi connectivity index (χ0n) is 9.90. The Morgan fingerprint density at radius 3 is 2.50 bits per heavy atom. The van der Waals surface area contributed by atoms with Gasteiger partial charge in [0.15, 0.2) is 0 Å². The molecular weight excluding hydrogens is 289 g/mol. The summed E-state index contributed by atoms with van der Waals surface area (Å²) < 4.78 is 42.2. The van der Waals surface area contributed by atoms with E-state index in [1.165, 1.54) is 6.07 Å². The molecule has 20 heavy (non-hydrogen) atoms. The van der Waals surface area contributed by atoms with Crippen molar-refractivity contribution in [2.24, 2.45) is 0 Å². The minimum absolute atomic E-state index is 0.278. The molecule has 6 heteroatoms. The van der Waals surface area contributed by atoms with E-state index in [0.29, 0.717) is 5.39 Å². The largest absolute Gasteiger partial charge is 0.446 e. The number of halogens is 3. The fraction of sp³-hybridized carbons (Fsp3) is 0.0714. The van der Waals surface area contributed by atoms with Crippen LogP contribution in [-0.4, -0.2) is 5.51 Å². The van der Waals surface area contributed by atoms with Gasteiger partial charge < -0.3 is 4.42 Å². The number of rotatable bonds is 1. The highest BCUT2D eigenvalue weighted by Crippen LogP contribution is 2.37. The van der Waals surface area contributed by atoms with Gasteiger partial charge in [0.05, 0.1) is 0 Å². The van der Waals surface area contributed by atoms with Crippen molar-refractivity contribution in [2.75, 3.05) is 0 Å². The third kappa shape index (κ3) is 2.38. The molecule has 2 aromatic carbocycles. The number of fused-ring (bicyclic) bond motifs is 3. The maximum atomic E-state index is 12.4. The molecule has 0 bridgehead atoms. The molecule has 102 valence electrons. The van der Waals surface area contributed by atoms with Crippen LogP contribution < -0.4 is 5.63 Å². The third-order valence-electron chi connectivity index (χ3n) is 2.84. The maximum absolute atomic E-state index is 12.4. The predicted molar refractivity (Wildman–Crippen MR) is 71.9 cm³/mol. The van der Waals surface area contributed by atoms with Crippen LogP contribution in [0.4, 0.5) is 13.2 Å². The monoisotopic (exact) mass is 296 g/mol. The lowest BCUT2D eigenvalue weighted by Gasteiger charge is -2.07. The molecule has 0 atom stereocenters. The first-order chi connectivity index (χ1) is 9.44. The molecule has 2 nitrogen and oxygen atoms in total. The Morgan fingerprint density at radius 2 is 1.75 bits per heavy atom. The Kier molecular flexibility index (Phi) is 2.97. The molecule has 1 aromatic heterocycles. The second-order valence-corrected chi connectivity index (χ2v) is 5.25. The van der Waals surface area contributed by atoms with Crippen LogP contribution in [0.15, 0.2) is 56.6 Å². The summed E-state index contributed by atoms with van der Waals surface area (Å²) in [5.74, 6) is 0. The number of hydrogen-bond donors (Lipinski definition) is 0. The fourth-order valence-electron chi connectivity index (χ4n) is 2.05. The lowest BCUT2D eigenvalue weighted by atomic mass is 10.1. The van der Waals surface area contributed by atoms with Crippen molar-refractivity contribution in [1.29, 1.82) is 0 Å². The van der Waals surface area contributed by atoms with E-state index < -0.39 is 27.8 Å². The van der Waals surface area contributed by atoms with E-state index >= 15 is 0 Å². The van der Waals surface area contributed by atoms with Gasteiger partial charge in [0.1, 0.15) is 10.5 Å². The smallest absolute Gasteiger partial charge is 0.422 e. The second kappa shape index (κ2) is 4.56. The zero-order valence-corrected chi connectivity index (χ0v) is 10.7. The standard InChI is InChI=1S/C14H7F3O2S/c15-14(16,17)20-12-7-10-9-4-2-1-3-8(9)5-6-11(10)19-13(12)18/h1-7H. The van der Waals surface area contributed by atoms with Crippen LogP contribution in [0.5, 0.6) is 0 Å². The maximum Gasteiger partial charge on any atom is 0.446 e.